The number of urea groups is 1. The van der Waals surface area contributed by atoms with Gasteiger partial charge in [0.2, 0.25) is 0 Å². The molecule has 1 N–H and O–H groups in total. The summed E-state index contributed by atoms with van der Waals surface area (Å²) in [6.45, 7) is 0.0269. The minimum absolute atomic E-state index is 0.0148. The third kappa shape index (κ3) is 4.11. The molecule has 0 aliphatic heterocycles. The molecule has 0 aliphatic carbocycles. The maximum absolute atomic E-state index is 12.0. The van der Waals surface area contributed by atoms with E-state index in [0.717, 1.165) is 10.5 Å². The first-order chi connectivity index (χ1) is 8.54. The van der Waals surface area contributed by atoms with Crippen molar-refractivity contribution in [2.45, 2.75) is 6.54 Å². The summed E-state index contributed by atoms with van der Waals surface area (Å²) in [5, 5.41) is 12.6. The number of amides is 2. The van der Waals surface area contributed by atoms with E-state index in [-0.39, 0.29) is 12.6 Å². The average molecular weight is 266 g/mol. The van der Waals surface area contributed by atoms with E-state index in [1.165, 1.54) is 4.90 Å². The molecule has 0 spiro atoms. The molecule has 96 valence electrons. The molecule has 1 heterocycles. The largest absolute Gasteiger partial charge is 0.480 e. The van der Waals surface area contributed by atoms with Crippen molar-refractivity contribution < 1.29 is 14.7 Å². The Morgan fingerprint density at radius 2 is 2.28 bits per heavy atom. The third-order valence-electron chi connectivity index (χ3n) is 2.21. The molecule has 0 aliphatic rings. The number of carbonyl (C=O) groups excluding carboxylic acids is 1. The molecule has 0 radical (unpaired) electrons. The van der Waals surface area contributed by atoms with E-state index in [2.05, 4.69) is 5.92 Å². The Hall–Kier alpha value is -2.00. The highest BCUT2D eigenvalue weighted by Crippen LogP contribution is 2.09. The molecule has 1 rings (SSSR count). The number of terminal acetylenes is 1. The Morgan fingerprint density at radius 1 is 1.56 bits per heavy atom. The SMILES string of the molecule is C#CCN(CC(=O)O)C(=O)N(C)Cc1ccsc1. The second-order valence-corrected chi connectivity index (χ2v) is 4.50. The van der Waals surface area contributed by atoms with Gasteiger partial charge in [-0.15, -0.1) is 6.42 Å². The number of carboxylic acid groups (broad SMARTS) is 1. The van der Waals surface area contributed by atoms with Crippen LogP contribution in [0, 0.1) is 12.3 Å². The lowest BCUT2D eigenvalue weighted by Gasteiger charge is -2.25. The van der Waals surface area contributed by atoms with Crippen LogP contribution < -0.4 is 0 Å². The summed E-state index contributed by atoms with van der Waals surface area (Å²) >= 11 is 1.54. The number of hydrogen-bond acceptors (Lipinski definition) is 3. The van der Waals surface area contributed by atoms with Gasteiger partial charge >= 0.3 is 12.0 Å². The van der Waals surface area contributed by atoms with E-state index < -0.39 is 12.5 Å². The fourth-order valence-corrected chi connectivity index (χ4v) is 2.09. The average Bonchev–Trinajstić information content (AvgIpc) is 2.79. The van der Waals surface area contributed by atoms with Gasteiger partial charge in [0, 0.05) is 13.6 Å². The van der Waals surface area contributed by atoms with Crippen LogP contribution in [-0.4, -0.2) is 47.0 Å². The zero-order valence-corrected chi connectivity index (χ0v) is 10.8. The highest BCUT2D eigenvalue weighted by atomic mass is 32.1. The van der Waals surface area contributed by atoms with Gasteiger partial charge < -0.3 is 14.9 Å². The molecule has 0 unspecified atom stereocenters. The van der Waals surface area contributed by atoms with Crippen LogP contribution in [0.2, 0.25) is 0 Å². The number of carbonyl (C=O) groups is 2. The lowest BCUT2D eigenvalue weighted by molar-refractivity contribution is -0.137. The van der Waals surface area contributed by atoms with E-state index >= 15 is 0 Å². The second kappa shape index (κ2) is 6.67. The number of carboxylic acids is 1. The fourth-order valence-electron chi connectivity index (χ4n) is 1.43. The summed E-state index contributed by atoms with van der Waals surface area (Å²) in [5.74, 6) is 1.20. The summed E-state index contributed by atoms with van der Waals surface area (Å²) in [6.07, 6.45) is 5.13. The lowest BCUT2D eigenvalue weighted by atomic mass is 10.3. The van der Waals surface area contributed by atoms with Crippen molar-refractivity contribution in [2.75, 3.05) is 20.1 Å². The van der Waals surface area contributed by atoms with Gasteiger partial charge in [0.15, 0.2) is 0 Å². The lowest BCUT2D eigenvalue weighted by Crippen LogP contribution is -2.43. The van der Waals surface area contributed by atoms with Crippen molar-refractivity contribution in [2.24, 2.45) is 0 Å². The van der Waals surface area contributed by atoms with E-state index in [1.54, 1.807) is 18.4 Å². The van der Waals surface area contributed by atoms with E-state index in [0.29, 0.717) is 6.54 Å². The van der Waals surface area contributed by atoms with Crippen molar-refractivity contribution >= 4 is 23.3 Å². The van der Waals surface area contributed by atoms with Crippen LogP contribution in [-0.2, 0) is 11.3 Å². The first-order valence-electron chi connectivity index (χ1n) is 5.21. The maximum Gasteiger partial charge on any atom is 0.323 e. The molecule has 5 nitrogen and oxygen atoms in total. The molecule has 2 amide bonds. The van der Waals surface area contributed by atoms with Gasteiger partial charge in [-0.2, -0.15) is 11.3 Å². The molecule has 0 atom stereocenters. The van der Waals surface area contributed by atoms with E-state index in [1.807, 2.05) is 16.8 Å². The van der Waals surface area contributed by atoms with Crippen LogP contribution in [0.4, 0.5) is 4.79 Å². The Kier molecular flexibility index (Phi) is 5.21. The molecule has 0 bridgehead atoms. The van der Waals surface area contributed by atoms with E-state index in [9.17, 15) is 9.59 Å². The Balaban J connectivity index is 2.64. The fraction of sp³-hybridized carbons (Fsp3) is 0.333. The Bertz CT molecular complexity index is 450. The van der Waals surface area contributed by atoms with Gasteiger partial charge in [0.1, 0.15) is 6.54 Å². The van der Waals surface area contributed by atoms with Gasteiger partial charge in [-0.05, 0) is 22.4 Å². The molecule has 6 heteroatoms. The first-order valence-corrected chi connectivity index (χ1v) is 6.15. The Morgan fingerprint density at radius 3 is 2.78 bits per heavy atom. The molecule has 1 aromatic heterocycles. The molecular formula is C12H14N2O3S. The highest BCUT2D eigenvalue weighted by molar-refractivity contribution is 7.07. The van der Waals surface area contributed by atoms with Crippen molar-refractivity contribution in [1.82, 2.24) is 9.80 Å². The van der Waals surface area contributed by atoms with Crippen molar-refractivity contribution in [3.05, 3.63) is 22.4 Å². The second-order valence-electron chi connectivity index (χ2n) is 3.72. The Labute approximate surface area is 110 Å². The quantitative estimate of drug-likeness (QED) is 0.818. The van der Waals surface area contributed by atoms with Crippen molar-refractivity contribution in [3.8, 4) is 12.3 Å². The summed E-state index contributed by atoms with van der Waals surface area (Å²) < 4.78 is 0. The molecule has 0 saturated heterocycles. The van der Waals surface area contributed by atoms with Crippen LogP contribution in [0.5, 0.6) is 0 Å². The normalized spacial score (nSPS) is 9.56. The van der Waals surface area contributed by atoms with Gasteiger partial charge in [-0.3, -0.25) is 4.79 Å². The van der Waals surface area contributed by atoms with Crippen molar-refractivity contribution in [3.63, 3.8) is 0 Å². The molecular weight excluding hydrogens is 252 g/mol. The topological polar surface area (TPSA) is 60.9 Å². The molecule has 0 fully saturated rings. The molecule has 0 saturated carbocycles. The monoisotopic (exact) mass is 266 g/mol. The van der Waals surface area contributed by atoms with Gasteiger partial charge in [0.05, 0.1) is 6.54 Å². The van der Waals surface area contributed by atoms with Crippen LogP contribution in [0.15, 0.2) is 16.8 Å². The number of rotatable bonds is 5. The van der Waals surface area contributed by atoms with Crippen LogP contribution >= 0.6 is 11.3 Å². The number of hydrogen-bond donors (Lipinski definition) is 1. The van der Waals surface area contributed by atoms with Crippen LogP contribution in [0.25, 0.3) is 0 Å². The molecule has 0 aromatic carbocycles. The zero-order chi connectivity index (χ0) is 13.5. The first kappa shape index (κ1) is 14.1. The van der Waals surface area contributed by atoms with Gasteiger partial charge in [-0.1, -0.05) is 5.92 Å². The predicted octanol–water partition coefficient (Wildman–Crippen LogP) is 1.32. The van der Waals surface area contributed by atoms with Gasteiger partial charge in [-0.25, -0.2) is 4.79 Å². The predicted molar refractivity (Wildman–Crippen MR) is 69.2 cm³/mol. The van der Waals surface area contributed by atoms with Crippen molar-refractivity contribution in [1.29, 1.82) is 0 Å². The summed E-state index contributed by atoms with van der Waals surface area (Å²) in [6, 6.07) is 1.53. The number of nitrogens with zero attached hydrogens (tertiary/aromatic N) is 2. The summed E-state index contributed by atoms with van der Waals surface area (Å²) in [5.41, 5.74) is 1.01. The minimum atomic E-state index is -1.08. The van der Waals surface area contributed by atoms with Crippen LogP contribution in [0.1, 0.15) is 5.56 Å². The smallest absolute Gasteiger partial charge is 0.323 e. The highest BCUT2D eigenvalue weighted by Gasteiger charge is 2.19. The van der Waals surface area contributed by atoms with E-state index in [4.69, 9.17) is 11.5 Å². The number of aliphatic carboxylic acids is 1. The summed E-state index contributed by atoms with van der Waals surface area (Å²) in [4.78, 5) is 25.2. The zero-order valence-electron chi connectivity index (χ0n) is 10.00. The standard InChI is InChI=1S/C12H14N2O3S/c1-3-5-14(8-11(15)16)12(17)13(2)7-10-4-6-18-9-10/h1,4,6,9H,5,7-8H2,2H3,(H,15,16). The number of thiophene rings is 1. The van der Waals surface area contributed by atoms with Gasteiger partial charge in [0.25, 0.3) is 0 Å². The maximum atomic E-state index is 12.0. The molecule has 18 heavy (non-hydrogen) atoms. The third-order valence-corrected chi connectivity index (χ3v) is 2.94. The van der Waals surface area contributed by atoms with Crippen LogP contribution in [0.3, 0.4) is 0 Å². The molecule has 1 aromatic rings. The summed E-state index contributed by atoms with van der Waals surface area (Å²) in [7, 11) is 1.62. The minimum Gasteiger partial charge on any atom is -0.480 e.